The first-order chi connectivity index (χ1) is 19.7. The predicted octanol–water partition coefficient (Wildman–Crippen LogP) is 4.21. The van der Waals surface area contributed by atoms with E-state index in [9.17, 15) is 9.59 Å². The number of methoxy groups -OCH3 is 1. The minimum atomic E-state index is -0.358. The standard InChI is InChI=1S/C31H34N2O7/c1-32-21-24(23-7-4-3-5-8-23)22-40-28-12-11-27-29-25(28)9-6-10-26(29)30(34)33(31(27)35)13-14-37-17-18-39-20-19-38-16-15-36-2/h3-12,24H,13-22H2,2H3. The topological polar surface area (TPSA) is 87.9 Å². The van der Waals surface area contributed by atoms with Gasteiger partial charge in [0.15, 0.2) is 0 Å². The van der Waals surface area contributed by atoms with Gasteiger partial charge in [-0.1, -0.05) is 42.5 Å². The SMILES string of the molecule is [C-]#[N+]CC(COc1ccc2c3c(cccc13)C(=O)N(CCOCCOCCOCCOC)C2=O)c1ccccc1. The number of rotatable bonds is 17. The van der Waals surface area contributed by atoms with E-state index in [4.69, 9.17) is 30.3 Å². The Hall–Kier alpha value is -3.81. The van der Waals surface area contributed by atoms with Crippen LogP contribution in [-0.4, -0.2) is 89.8 Å². The number of imide groups is 1. The third-order valence-electron chi connectivity index (χ3n) is 6.61. The summed E-state index contributed by atoms with van der Waals surface area (Å²) in [6, 6.07) is 18.6. The molecule has 0 fully saturated rings. The highest BCUT2D eigenvalue weighted by molar-refractivity contribution is 6.26. The van der Waals surface area contributed by atoms with Crippen LogP contribution in [0.4, 0.5) is 0 Å². The number of benzene rings is 3. The zero-order valence-corrected chi connectivity index (χ0v) is 22.7. The van der Waals surface area contributed by atoms with Gasteiger partial charge in [-0.25, -0.2) is 6.57 Å². The lowest BCUT2D eigenvalue weighted by molar-refractivity contribution is 0.00148. The van der Waals surface area contributed by atoms with Crippen LogP contribution in [0.5, 0.6) is 5.75 Å². The molecule has 3 aromatic rings. The van der Waals surface area contributed by atoms with E-state index >= 15 is 0 Å². The van der Waals surface area contributed by atoms with Gasteiger partial charge in [-0.3, -0.25) is 14.5 Å². The van der Waals surface area contributed by atoms with E-state index in [0.29, 0.717) is 80.4 Å². The van der Waals surface area contributed by atoms with E-state index in [1.54, 1.807) is 31.4 Å². The molecule has 4 rings (SSSR count). The fraction of sp³-hybridized carbons (Fsp3) is 0.387. The predicted molar refractivity (Wildman–Crippen MR) is 150 cm³/mol. The molecule has 0 N–H and O–H groups in total. The van der Waals surface area contributed by atoms with Crippen molar-refractivity contribution < 1.29 is 33.3 Å². The van der Waals surface area contributed by atoms with Gasteiger partial charge in [-0.05, 0) is 23.8 Å². The van der Waals surface area contributed by atoms with Crippen molar-refractivity contribution in [1.29, 1.82) is 0 Å². The van der Waals surface area contributed by atoms with Crippen LogP contribution in [0, 0.1) is 6.57 Å². The second kappa shape index (κ2) is 15.1. The van der Waals surface area contributed by atoms with Gasteiger partial charge >= 0.3 is 0 Å². The molecule has 9 nitrogen and oxygen atoms in total. The number of hydrogen-bond acceptors (Lipinski definition) is 7. The summed E-state index contributed by atoms with van der Waals surface area (Å²) < 4.78 is 27.5. The fourth-order valence-corrected chi connectivity index (χ4v) is 4.57. The van der Waals surface area contributed by atoms with Gasteiger partial charge in [0.05, 0.1) is 58.7 Å². The van der Waals surface area contributed by atoms with Crippen molar-refractivity contribution in [2.45, 2.75) is 5.92 Å². The highest BCUT2D eigenvalue weighted by Crippen LogP contribution is 2.36. The fourth-order valence-electron chi connectivity index (χ4n) is 4.57. The molecule has 1 heterocycles. The number of ether oxygens (including phenoxy) is 5. The lowest BCUT2D eigenvalue weighted by Crippen LogP contribution is -2.42. The smallest absolute Gasteiger partial charge is 0.261 e. The van der Waals surface area contributed by atoms with Crippen molar-refractivity contribution in [2.24, 2.45) is 0 Å². The Morgan fingerprint density at radius 2 is 1.43 bits per heavy atom. The largest absolute Gasteiger partial charge is 0.492 e. The van der Waals surface area contributed by atoms with Crippen molar-refractivity contribution in [3.8, 4) is 5.75 Å². The molecule has 0 saturated carbocycles. The van der Waals surface area contributed by atoms with E-state index in [1.807, 2.05) is 36.4 Å². The highest BCUT2D eigenvalue weighted by Gasteiger charge is 2.33. The van der Waals surface area contributed by atoms with Crippen molar-refractivity contribution in [2.75, 3.05) is 73.1 Å². The number of hydrogen-bond donors (Lipinski definition) is 0. The third kappa shape index (κ3) is 7.23. The molecule has 3 aromatic carbocycles. The third-order valence-corrected chi connectivity index (χ3v) is 6.61. The van der Waals surface area contributed by atoms with E-state index in [0.717, 1.165) is 5.56 Å². The van der Waals surface area contributed by atoms with Crippen LogP contribution in [0.2, 0.25) is 0 Å². The Labute approximate surface area is 234 Å². The summed E-state index contributed by atoms with van der Waals surface area (Å²) >= 11 is 0. The molecule has 210 valence electrons. The summed E-state index contributed by atoms with van der Waals surface area (Å²) in [6.07, 6.45) is 0. The van der Waals surface area contributed by atoms with Crippen LogP contribution in [0.1, 0.15) is 32.2 Å². The molecule has 0 spiro atoms. The first kappa shape index (κ1) is 29.2. The molecule has 40 heavy (non-hydrogen) atoms. The Morgan fingerprint density at radius 3 is 2.10 bits per heavy atom. The maximum atomic E-state index is 13.3. The first-order valence-corrected chi connectivity index (χ1v) is 13.3. The second-order valence-electron chi connectivity index (χ2n) is 9.19. The van der Waals surface area contributed by atoms with Gasteiger partial charge in [-0.15, -0.1) is 0 Å². The molecule has 0 radical (unpaired) electrons. The van der Waals surface area contributed by atoms with Crippen molar-refractivity contribution in [3.05, 3.63) is 88.8 Å². The van der Waals surface area contributed by atoms with Gasteiger partial charge in [0, 0.05) is 29.0 Å². The molecule has 1 aliphatic rings. The quantitative estimate of drug-likeness (QED) is 0.142. The summed E-state index contributed by atoms with van der Waals surface area (Å²) in [5.74, 6) is -0.233. The summed E-state index contributed by atoms with van der Waals surface area (Å²) in [6.45, 7) is 11.0. The molecule has 0 aromatic heterocycles. The van der Waals surface area contributed by atoms with Crippen LogP contribution >= 0.6 is 0 Å². The van der Waals surface area contributed by atoms with Crippen LogP contribution in [-0.2, 0) is 18.9 Å². The molecule has 1 aliphatic heterocycles. The second-order valence-corrected chi connectivity index (χ2v) is 9.19. The molecule has 0 bridgehead atoms. The molecule has 1 unspecified atom stereocenters. The highest BCUT2D eigenvalue weighted by atomic mass is 16.6. The first-order valence-electron chi connectivity index (χ1n) is 13.3. The number of nitrogens with zero attached hydrogens (tertiary/aromatic N) is 2. The summed E-state index contributed by atoms with van der Waals surface area (Å²) in [5.41, 5.74) is 1.94. The Morgan fingerprint density at radius 1 is 0.775 bits per heavy atom. The molecule has 9 heteroatoms. The summed E-state index contributed by atoms with van der Waals surface area (Å²) in [4.78, 5) is 31.4. The van der Waals surface area contributed by atoms with Crippen molar-refractivity contribution >= 4 is 22.6 Å². The maximum absolute atomic E-state index is 13.3. The minimum Gasteiger partial charge on any atom is -0.492 e. The van der Waals surface area contributed by atoms with Crippen LogP contribution < -0.4 is 4.74 Å². The van der Waals surface area contributed by atoms with Gasteiger partial charge in [-0.2, -0.15) is 0 Å². The number of carbonyl (C=O) groups is 2. The van der Waals surface area contributed by atoms with E-state index in [-0.39, 0.29) is 30.9 Å². The normalized spacial score (nSPS) is 13.4. The molecule has 0 saturated heterocycles. The molecule has 1 atom stereocenters. The van der Waals surface area contributed by atoms with Crippen LogP contribution in [0.3, 0.4) is 0 Å². The average molecular weight is 547 g/mol. The molecule has 2 amide bonds. The van der Waals surface area contributed by atoms with Crippen LogP contribution in [0.25, 0.3) is 15.6 Å². The molecular formula is C31H34N2O7. The molecular weight excluding hydrogens is 512 g/mol. The summed E-state index contributed by atoms with van der Waals surface area (Å²) in [5, 5.41) is 1.29. The Bertz CT molecular complexity index is 1300. The number of amides is 2. The number of carbonyl (C=O) groups excluding carboxylic acids is 2. The molecule has 0 aliphatic carbocycles. The zero-order chi connectivity index (χ0) is 28.2. The monoisotopic (exact) mass is 546 g/mol. The van der Waals surface area contributed by atoms with Crippen molar-refractivity contribution in [3.63, 3.8) is 0 Å². The lowest BCUT2D eigenvalue weighted by atomic mass is 9.93. The van der Waals surface area contributed by atoms with Crippen LogP contribution in [0.15, 0.2) is 60.7 Å². The van der Waals surface area contributed by atoms with Gasteiger partial charge in [0.25, 0.3) is 11.8 Å². The zero-order valence-electron chi connectivity index (χ0n) is 22.7. The summed E-state index contributed by atoms with van der Waals surface area (Å²) in [7, 11) is 1.62. The maximum Gasteiger partial charge on any atom is 0.261 e. The average Bonchev–Trinajstić information content (AvgIpc) is 2.98. The van der Waals surface area contributed by atoms with Gasteiger partial charge in [0.2, 0.25) is 6.54 Å². The van der Waals surface area contributed by atoms with Gasteiger partial charge in [0.1, 0.15) is 12.4 Å². The van der Waals surface area contributed by atoms with Crippen molar-refractivity contribution in [1.82, 2.24) is 4.90 Å². The van der Waals surface area contributed by atoms with E-state index in [2.05, 4.69) is 4.85 Å². The van der Waals surface area contributed by atoms with E-state index in [1.165, 1.54) is 4.90 Å². The van der Waals surface area contributed by atoms with Gasteiger partial charge < -0.3 is 28.5 Å². The Kier molecular flexibility index (Phi) is 11.0. The minimum absolute atomic E-state index is 0.0945. The Balaban J connectivity index is 1.35. The van der Waals surface area contributed by atoms with E-state index < -0.39 is 0 Å². The lowest BCUT2D eigenvalue weighted by Gasteiger charge is -2.27.